The van der Waals surface area contributed by atoms with E-state index < -0.39 is 4.92 Å². The SMILES string of the molecule is CCc1c(Cl)ncnc1Oc1cc([N+](=O)[O-])ccc1OC. The lowest BCUT2D eigenvalue weighted by Gasteiger charge is -2.12. The van der Waals surface area contributed by atoms with Crippen LogP contribution in [0.2, 0.25) is 5.15 Å². The van der Waals surface area contributed by atoms with Crippen molar-refractivity contribution < 1.29 is 14.4 Å². The zero-order valence-electron chi connectivity index (χ0n) is 11.4. The number of halogens is 1. The van der Waals surface area contributed by atoms with Crippen molar-refractivity contribution in [2.45, 2.75) is 13.3 Å². The highest BCUT2D eigenvalue weighted by Crippen LogP contribution is 2.36. The number of benzene rings is 1. The number of nitro groups is 1. The van der Waals surface area contributed by atoms with Gasteiger partial charge in [0.15, 0.2) is 11.5 Å². The van der Waals surface area contributed by atoms with Gasteiger partial charge in [-0.1, -0.05) is 18.5 Å². The Balaban J connectivity index is 2.45. The fourth-order valence-corrected chi connectivity index (χ4v) is 1.98. The second-order valence-electron chi connectivity index (χ2n) is 4.00. The van der Waals surface area contributed by atoms with Crippen LogP contribution in [0, 0.1) is 10.1 Å². The number of hydrogen-bond donors (Lipinski definition) is 0. The highest BCUT2D eigenvalue weighted by Gasteiger charge is 2.16. The maximum absolute atomic E-state index is 10.8. The molecule has 0 spiro atoms. The molecule has 0 aliphatic carbocycles. The number of nitro benzene ring substituents is 1. The van der Waals surface area contributed by atoms with Crippen LogP contribution in [-0.2, 0) is 6.42 Å². The molecule has 0 amide bonds. The molecule has 0 saturated heterocycles. The van der Waals surface area contributed by atoms with Gasteiger partial charge in [-0.3, -0.25) is 10.1 Å². The van der Waals surface area contributed by atoms with E-state index in [2.05, 4.69) is 9.97 Å². The quantitative estimate of drug-likeness (QED) is 0.478. The molecule has 0 fully saturated rings. The normalized spacial score (nSPS) is 10.2. The van der Waals surface area contributed by atoms with E-state index in [1.54, 1.807) is 0 Å². The van der Waals surface area contributed by atoms with Gasteiger partial charge < -0.3 is 9.47 Å². The monoisotopic (exact) mass is 309 g/mol. The summed E-state index contributed by atoms with van der Waals surface area (Å²) in [5, 5.41) is 11.1. The van der Waals surface area contributed by atoms with Crippen molar-refractivity contribution in [2.24, 2.45) is 0 Å². The number of aromatic nitrogens is 2. The van der Waals surface area contributed by atoms with E-state index >= 15 is 0 Å². The Morgan fingerprint density at radius 1 is 1.33 bits per heavy atom. The van der Waals surface area contributed by atoms with Crippen LogP contribution in [0.4, 0.5) is 5.69 Å². The van der Waals surface area contributed by atoms with Crippen molar-refractivity contribution in [3.8, 4) is 17.4 Å². The van der Waals surface area contributed by atoms with Crippen LogP contribution >= 0.6 is 11.6 Å². The Kier molecular flexibility index (Phi) is 4.54. The van der Waals surface area contributed by atoms with Gasteiger partial charge in [-0.2, -0.15) is 0 Å². The van der Waals surface area contributed by atoms with Gasteiger partial charge >= 0.3 is 0 Å². The molecule has 7 nitrogen and oxygen atoms in total. The van der Waals surface area contributed by atoms with Gasteiger partial charge in [0.2, 0.25) is 5.88 Å². The third-order valence-electron chi connectivity index (χ3n) is 2.77. The molecule has 0 aliphatic rings. The van der Waals surface area contributed by atoms with Crippen LogP contribution in [0.25, 0.3) is 0 Å². The molecule has 0 unspecified atom stereocenters. The molecule has 1 aromatic carbocycles. The summed E-state index contributed by atoms with van der Waals surface area (Å²) in [4.78, 5) is 18.2. The second-order valence-corrected chi connectivity index (χ2v) is 4.35. The zero-order chi connectivity index (χ0) is 15.4. The Labute approximate surface area is 125 Å². The lowest BCUT2D eigenvalue weighted by molar-refractivity contribution is -0.384. The van der Waals surface area contributed by atoms with E-state index in [0.29, 0.717) is 17.7 Å². The molecule has 0 saturated carbocycles. The van der Waals surface area contributed by atoms with Gasteiger partial charge in [0.1, 0.15) is 11.5 Å². The van der Waals surface area contributed by atoms with Gasteiger partial charge in [0.05, 0.1) is 23.7 Å². The summed E-state index contributed by atoms with van der Waals surface area (Å²) >= 11 is 5.98. The van der Waals surface area contributed by atoms with Crippen molar-refractivity contribution in [1.29, 1.82) is 0 Å². The number of nitrogens with zero attached hydrogens (tertiary/aromatic N) is 3. The molecule has 110 valence electrons. The number of methoxy groups -OCH3 is 1. The lowest BCUT2D eigenvalue weighted by atomic mass is 10.2. The summed E-state index contributed by atoms with van der Waals surface area (Å²) in [7, 11) is 1.45. The topological polar surface area (TPSA) is 87.4 Å². The van der Waals surface area contributed by atoms with Crippen LogP contribution in [0.5, 0.6) is 17.4 Å². The highest BCUT2D eigenvalue weighted by atomic mass is 35.5. The number of non-ortho nitro benzene ring substituents is 1. The predicted octanol–water partition coefficient (Wildman–Crippen LogP) is 3.40. The van der Waals surface area contributed by atoms with Crippen LogP contribution in [0.3, 0.4) is 0 Å². The first-order valence-electron chi connectivity index (χ1n) is 6.06. The third kappa shape index (κ3) is 3.19. The summed E-state index contributed by atoms with van der Waals surface area (Å²) in [6, 6.07) is 4.07. The molecule has 1 aromatic heterocycles. The molecule has 0 atom stereocenters. The maximum Gasteiger partial charge on any atom is 0.273 e. The molecule has 21 heavy (non-hydrogen) atoms. The van der Waals surface area contributed by atoms with Gasteiger partial charge in [-0.25, -0.2) is 9.97 Å². The summed E-state index contributed by atoms with van der Waals surface area (Å²) < 4.78 is 10.8. The van der Waals surface area contributed by atoms with Gasteiger partial charge in [-0.15, -0.1) is 0 Å². The number of hydrogen-bond acceptors (Lipinski definition) is 6. The van der Waals surface area contributed by atoms with E-state index in [4.69, 9.17) is 21.1 Å². The molecule has 2 aromatic rings. The van der Waals surface area contributed by atoms with Crippen LogP contribution < -0.4 is 9.47 Å². The lowest BCUT2D eigenvalue weighted by Crippen LogP contribution is -1.99. The summed E-state index contributed by atoms with van der Waals surface area (Å²) in [5.74, 6) is 0.796. The minimum atomic E-state index is -0.514. The summed E-state index contributed by atoms with van der Waals surface area (Å²) in [5.41, 5.74) is 0.511. The first-order valence-corrected chi connectivity index (χ1v) is 6.44. The summed E-state index contributed by atoms with van der Waals surface area (Å²) in [6.45, 7) is 1.88. The first-order chi connectivity index (χ1) is 10.1. The van der Waals surface area contributed by atoms with Gasteiger partial charge in [0, 0.05) is 6.07 Å². The second kappa shape index (κ2) is 6.36. The zero-order valence-corrected chi connectivity index (χ0v) is 12.1. The number of ether oxygens (including phenoxy) is 2. The predicted molar refractivity (Wildman–Crippen MR) is 76.1 cm³/mol. The van der Waals surface area contributed by atoms with E-state index in [1.165, 1.54) is 31.6 Å². The van der Waals surface area contributed by atoms with Gasteiger partial charge in [0.25, 0.3) is 5.69 Å². The van der Waals surface area contributed by atoms with Crippen molar-refractivity contribution >= 4 is 17.3 Å². The molecular weight excluding hydrogens is 298 g/mol. The molecule has 8 heteroatoms. The average molecular weight is 310 g/mol. The Bertz CT molecular complexity index is 678. The Morgan fingerprint density at radius 2 is 2.10 bits per heavy atom. The van der Waals surface area contributed by atoms with Crippen molar-refractivity contribution in [3.05, 3.63) is 45.4 Å². The third-order valence-corrected chi connectivity index (χ3v) is 3.10. The van der Waals surface area contributed by atoms with E-state index in [0.717, 1.165) is 0 Å². The molecule has 0 bridgehead atoms. The molecule has 2 rings (SSSR count). The van der Waals surface area contributed by atoms with Crippen molar-refractivity contribution in [1.82, 2.24) is 9.97 Å². The summed E-state index contributed by atoms with van der Waals surface area (Å²) in [6.07, 6.45) is 1.83. The Hall–Kier alpha value is -2.41. The van der Waals surface area contributed by atoms with Crippen LogP contribution in [-0.4, -0.2) is 22.0 Å². The minimum absolute atomic E-state index is 0.107. The Morgan fingerprint density at radius 3 is 2.71 bits per heavy atom. The molecule has 1 heterocycles. The van der Waals surface area contributed by atoms with Gasteiger partial charge in [-0.05, 0) is 12.5 Å². The fraction of sp³-hybridized carbons (Fsp3) is 0.231. The standard InChI is InChI=1S/C13H12ClN3O4/c1-3-9-12(14)15-7-16-13(9)21-11-6-8(17(18)19)4-5-10(11)20-2/h4-7H,3H2,1-2H3. The molecular formula is C13H12ClN3O4. The molecule has 0 aliphatic heterocycles. The fourth-order valence-electron chi connectivity index (χ4n) is 1.72. The van der Waals surface area contributed by atoms with E-state index in [1.807, 2.05) is 6.92 Å². The molecule has 0 radical (unpaired) electrons. The maximum atomic E-state index is 10.8. The average Bonchev–Trinajstić information content (AvgIpc) is 2.47. The first kappa shape index (κ1) is 15.0. The van der Waals surface area contributed by atoms with Crippen molar-refractivity contribution in [2.75, 3.05) is 7.11 Å². The number of rotatable bonds is 5. The van der Waals surface area contributed by atoms with Crippen LogP contribution in [0.15, 0.2) is 24.5 Å². The molecule has 0 N–H and O–H groups in total. The smallest absolute Gasteiger partial charge is 0.273 e. The van der Waals surface area contributed by atoms with E-state index in [9.17, 15) is 10.1 Å². The van der Waals surface area contributed by atoms with E-state index in [-0.39, 0.29) is 22.5 Å². The minimum Gasteiger partial charge on any atom is -0.493 e. The van der Waals surface area contributed by atoms with Crippen LogP contribution in [0.1, 0.15) is 12.5 Å². The highest BCUT2D eigenvalue weighted by molar-refractivity contribution is 6.30. The largest absolute Gasteiger partial charge is 0.493 e. The van der Waals surface area contributed by atoms with Crippen molar-refractivity contribution in [3.63, 3.8) is 0 Å².